The number of ketones is 1. The average molecular weight is 394 g/mol. The molecule has 0 bridgehead atoms. The summed E-state index contributed by atoms with van der Waals surface area (Å²) < 4.78 is 3.23. The van der Waals surface area contributed by atoms with E-state index in [0.717, 1.165) is 16.5 Å². The first-order valence-corrected chi connectivity index (χ1v) is 12.9. The van der Waals surface area contributed by atoms with Gasteiger partial charge in [0.05, 0.1) is 0 Å². The Morgan fingerprint density at radius 2 is 1.81 bits per heavy atom. The Morgan fingerprint density at radius 3 is 2.29 bits per heavy atom. The van der Waals surface area contributed by atoms with E-state index in [-0.39, 0.29) is 15.9 Å². The second-order valence-corrected chi connectivity index (χ2v) is 12.7. The predicted molar refractivity (Wildman–Crippen MR) is 78.9 cm³/mol. The molecule has 0 radical (unpaired) electrons. The van der Waals surface area contributed by atoms with Crippen molar-refractivity contribution in [2.75, 3.05) is 26.2 Å². The van der Waals surface area contributed by atoms with E-state index in [4.69, 9.17) is 5.11 Å². The number of carbonyl (C=O) groups is 3. The van der Waals surface area contributed by atoms with Gasteiger partial charge in [0.2, 0.25) is 0 Å². The molecule has 112 valence electrons. The summed E-state index contributed by atoms with van der Waals surface area (Å²) in [5, 5.41) is 9.07. The summed E-state index contributed by atoms with van der Waals surface area (Å²) >= 11 is -2.57. The van der Waals surface area contributed by atoms with Gasteiger partial charge in [0, 0.05) is 0 Å². The van der Waals surface area contributed by atoms with E-state index in [1.165, 1.54) is 6.92 Å². The van der Waals surface area contributed by atoms with Crippen LogP contribution in [0.4, 0.5) is 0 Å². The van der Waals surface area contributed by atoms with Gasteiger partial charge < -0.3 is 0 Å². The molecular weight excluding hydrogens is 375 g/mol. The number of carboxylic acid groups (broad SMARTS) is 1. The normalized spacial score (nSPS) is 18.5. The van der Waals surface area contributed by atoms with Crippen LogP contribution < -0.4 is 0 Å². The van der Waals surface area contributed by atoms with Crippen molar-refractivity contribution in [3.05, 3.63) is 18.9 Å². The first kappa shape index (κ1) is 16.1. The Kier molecular flexibility index (Phi) is 5.13. The van der Waals surface area contributed by atoms with Crippen LogP contribution in [-0.2, 0) is 14.4 Å². The molecule has 21 heavy (non-hydrogen) atoms. The minimum atomic E-state index is -2.57. The molecule has 1 amide bonds. The third-order valence-electron chi connectivity index (χ3n) is 3.96. The Balaban J connectivity index is 2.10. The van der Waals surface area contributed by atoms with Crippen molar-refractivity contribution in [2.24, 2.45) is 0 Å². The van der Waals surface area contributed by atoms with Crippen LogP contribution in [0.3, 0.4) is 0 Å². The summed E-state index contributed by atoms with van der Waals surface area (Å²) in [4.78, 5) is 37.9. The van der Waals surface area contributed by atoms with Crippen molar-refractivity contribution in [2.45, 2.75) is 18.0 Å². The van der Waals surface area contributed by atoms with Gasteiger partial charge in [-0.25, -0.2) is 0 Å². The molecule has 1 saturated heterocycles. The molecule has 0 aliphatic carbocycles. The van der Waals surface area contributed by atoms with E-state index in [2.05, 4.69) is 4.90 Å². The van der Waals surface area contributed by atoms with Crippen LogP contribution >= 0.6 is 0 Å². The zero-order valence-corrected chi connectivity index (χ0v) is 15.6. The SMILES string of the molecule is CC(=O)C1=[CH][In]([CH2]C(=O)O)[C](N2CCN(C(C)=O)CC2)=C1. The molecule has 0 aromatic heterocycles. The number of aliphatic carboxylic acids is 1. The Morgan fingerprint density at radius 1 is 1.19 bits per heavy atom. The average Bonchev–Trinajstić information content (AvgIpc) is 2.82. The molecule has 0 aromatic rings. The van der Waals surface area contributed by atoms with Crippen molar-refractivity contribution >= 4 is 39.1 Å². The van der Waals surface area contributed by atoms with Crippen molar-refractivity contribution < 1.29 is 19.5 Å². The third-order valence-corrected chi connectivity index (χ3v) is 12.1. The first-order valence-electron chi connectivity index (χ1n) is 7.05. The van der Waals surface area contributed by atoms with Crippen LogP contribution in [0.25, 0.3) is 0 Å². The van der Waals surface area contributed by atoms with Crippen LogP contribution in [0.15, 0.2) is 18.9 Å². The van der Waals surface area contributed by atoms with Crippen molar-refractivity contribution in [3.63, 3.8) is 0 Å². The third kappa shape index (κ3) is 3.90. The molecule has 1 fully saturated rings. The molecule has 0 saturated carbocycles. The van der Waals surface area contributed by atoms with E-state index in [1.54, 1.807) is 11.8 Å². The van der Waals surface area contributed by atoms with Crippen molar-refractivity contribution in [3.8, 4) is 0 Å². The van der Waals surface area contributed by atoms with Gasteiger partial charge in [-0.3, -0.25) is 0 Å². The number of amides is 1. The van der Waals surface area contributed by atoms with Crippen LogP contribution in [-0.4, -0.2) is 80.2 Å². The number of nitrogens with zero attached hydrogens (tertiary/aromatic N) is 2. The maximum absolute atomic E-state index is 11.5. The molecule has 2 heterocycles. The quantitative estimate of drug-likeness (QED) is 0.739. The van der Waals surface area contributed by atoms with Crippen LogP contribution in [0, 0.1) is 0 Å². The van der Waals surface area contributed by atoms with Crippen molar-refractivity contribution in [1.82, 2.24) is 9.80 Å². The van der Waals surface area contributed by atoms with E-state index in [9.17, 15) is 14.4 Å². The second kappa shape index (κ2) is 6.68. The molecule has 0 atom stereocenters. The van der Waals surface area contributed by atoms with E-state index in [1.807, 2.05) is 9.91 Å². The van der Waals surface area contributed by atoms with Crippen molar-refractivity contribution in [1.29, 1.82) is 0 Å². The molecule has 0 unspecified atom stereocenters. The molecule has 0 aromatic carbocycles. The standard InChI is InChI=1S/C12H16N2O2.C2H3O2.In/c1-10(11(2)15)4-5-13-6-8-14(9-7-13)12(3)16;1-2(3)4;/h1,4H,6-9H2,2-3H3;1H2,(H,3,4);. The summed E-state index contributed by atoms with van der Waals surface area (Å²) in [5.41, 5.74) is 0.668. The Hall–Kier alpha value is -1.24. The number of hydrogen-bond donors (Lipinski definition) is 1. The summed E-state index contributed by atoms with van der Waals surface area (Å²) in [6.07, 6.45) is 1.88. The van der Waals surface area contributed by atoms with Gasteiger partial charge in [0.1, 0.15) is 0 Å². The van der Waals surface area contributed by atoms with Gasteiger partial charge in [0.25, 0.3) is 0 Å². The number of carbonyl (C=O) groups excluding carboxylic acids is 2. The zero-order valence-electron chi connectivity index (χ0n) is 12.3. The minimum absolute atomic E-state index is 0.000499. The number of piperazine rings is 1. The summed E-state index contributed by atoms with van der Waals surface area (Å²) in [6, 6.07) is 0. The Labute approximate surface area is 131 Å². The summed E-state index contributed by atoms with van der Waals surface area (Å²) in [5.74, 6) is -0.715. The fraction of sp³-hybridized carbons (Fsp3) is 0.500. The zero-order chi connectivity index (χ0) is 15.6. The number of allylic oxidation sites excluding steroid dienone is 2. The molecule has 2 rings (SSSR count). The molecule has 7 heteroatoms. The number of hydrogen-bond acceptors (Lipinski definition) is 4. The van der Waals surface area contributed by atoms with Crippen LogP contribution in [0.5, 0.6) is 0 Å². The molecule has 2 aliphatic rings. The molecule has 1 N–H and O–H groups in total. The number of Topliss-reactive ketones (excluding diaryl/α,β-unsaturated/α-hetero) is 1. The van der Waals surface area contributed by atoms with E-state index < -0.39 is 27.4 Å². The topological polar surface area (TPSA) is 77.9 Å². The van der Waals surface area contributed by atoms with Gasteiger partial charge in [0.15, 0.2) is 0 Å². The molecular formula is C14H19InN2O4. The molecule has 6 nitrogen and oxygen atoms in total. The van der Waals surface area contributed by atoms with E-state index in [0.29, 0.717) is 18.7 Å². The summed E-state index contributed by atoms with van der Waals surface area (Å²) in [6.45, 7) is 5.84. The summed E-state index contributed by atoms with van der Waals surface area (Å²) in [7, 11) is 0. The molecule has 0 spiro atoms. The number of carboxylic acids is 1. The first-order chi connectivity index (χ1) is 9.88. The number of rotatable bonds is 4. The maximum atomic E-state index is 11.5. The fourth-order valence-corrected chi connectivity index (χ4v) is 10.7. The second-order valence-electron chi connectivity index (χ2n) is 5.44. The van der Waals surface area contributed by atoms with Crippen LogP contribution in [0.1, 0.15) is 13.8 Å². The fourth-order valence-electron chi connectivity index (χ4n) is 2.79. The van der Waals surface area contributed by atoms with Gasteiger partial charge in [-0.15, -0.1) is 0 Å². The Bertz CT molecular complexity index is 533. The predicted octanol–water partition coefficient (Wildman–Crippen LogP) is 0.221. The van der Waals surface area contributed by atoms with Gasteiger partial charge in [-0.2, -0.15) is 0 Å². The molecule has 2 aliphatic heterocycles. The van der Waals surface area contributed by atoms with Gasteiger partial charge >= 0.3 is 132 Å². The monoisotopic (exact) mass is 394 g/mol. The van der Waals surface area contributed by atoms with Gasteiger partial charge in [-0.05, 0) is 0 Å². The van der Waals surface area contributed by atoms with Crippen LogP contribution in [0.2, 0.25) is 4.18 Å². The van der Waals surface area contributed by atoms with Gasteiger partial charge in [-0.1, -0.05) is 0 Å². The van der Waals surface area contributed by atoms with E-state index >= 15 is 0 Å².